The number of allylic oxidation sites excluding steroid dienone is 18. The van der Waals surface area contributed by atoms with Gasteiger partial charge in [-0.3, -0.25) is 14.4 Å². The molecule has 6 unspecified atom stereocenters. The number of unbranched alkanes of at least 4 members (excludes halogenated alkanes) is 21. The third-order valence-electron chi connectivity index (χ3n) is 13.8. The first-order chi connectivity index (χ1) is 39.6. The number of aliphatic carboxylic acids is 1. The van der Waals surface area contributed by atoms with Crippen molar-refractivity contribution in [3.63, 3.8) is 0 Å². The van der Waals surface area contributed by atoms with E-state index in [1.807, 2.05) is 0 Å². The Kier molecular flexibility index (Phi) is 51.3. The summed E-state index contributed by atoms with van der Waals surface area (Å²) in [7, 11) is 0. The number of aliphatic hydroxyl groups excluding tert-OH is 2. The Bertz CT molecular complexity index is 1820. The Morgan fingerprint density at radius 2 is 0.778 bits per heavy atom. The monoisotopic (exact) mass is 1130 g/mol. The van der Waals surface area contributed by atoms with E-state index < -0.39 is 67.3 Å². The van der Waals surface area contributed by atoms with Gasteiger partial charge in [0.2, 0.25) is 0 Å². The van der Waals surface area contributed by atoms with Crippen LogP contribution in [0.15, 0.2) is 109 Å². The summed E-state index contributed by atoms with van der Waals surface area (Å²) < 4.78 is 28.5. The van der Waals surface area contributed by atoms with Crippen LogP contribution in [0.3, 0.4) is 0 Å². The van der Waals surface area contributed by atoms with E-state index in [0.717, 1.165) is 154 Å². The van der Waals surface area contributed by atoms with E-state index in [1.165, 1.54) is 38.5 Å². The van der Waals surface area contributed by atoms with Gasteiger partial charge >= 0.3 is 23.9 Å². The molecule has 0 aliphatic carbocycles. The molecule has 460 valence electrons. The average molecular weight is 1130 g/mol. The van der Waals surface area contributed by atoms with Crippen molar-refractivity contribution in [2.45, 2.75) is 289 Å². The minimum Gasteiger partial charge on any atom is -0.479 e. The van der Waals surface area contributed by atoms with Crippen molar-refractivity contribution in [3.05, 3.63) is 109 Å². The van der Waals surface area contributed by atoms with E-state index in [4.69, 9.17) is 23.7 Å². The van der Waals surface area contributed by atoms with Crippen LogP contribution in [0.4, 0.5) is 0 Å². The van der Waals surface area contributed by atoms with Crippen LogP contribution in [0.1, 0.15) is 252 Å². The molecule has 0 bridgehead atoms. The molecule has 0 spiro atoms. The standard InChI is InChI=1S/C69H112O12/c1-4-7-10-13-16-19-22-25-28-30-31-33-36-39-42-45-48-51-54-57-63(72)80-67-65(74)64(73)66(68(75)76)81-69(67)78-59-60(79-62(71)56-53-50-47-44-41-38-34-27-24-21-18-15-12-9-6-3)58-77-61(70)55-52-49-46-43-40-37-35-32-29-26-23-20-17-14-11-8-5-2/h7,9-10,12,16-21,25-29,31,33-34,60,64-67,69,73-74H,4-6,8,11,13-15,22-24,30,32,35-59H2,1-3H3,(H,75,76)/b10-7-,12-9-,19-16-,20-17-,21-18-,28-25-,29-26-,33-31-,34-27-. The predicted octanol–water partition coefficient (Wildman–Crippen LogP) is 17.0. The molecule has 3 N–H and O–H groups in total. The van der Waals surface area contributed by atoms with Crippen LogP contribution in [0.2, 0.25) is 0 Å². The number of carbonyl (C=O) groups is 4. The van der Waals surface area contributed by atoms with Gasteiger partial charge in [-0.2, -0.15) is 0 Å². The average Bonchev–Trinajstić information content (AvgIpc) is 3.54. The van der Waals surface area contributed by atoms with Crippen LogP contribution >= 0.6 is 0 Å². The molecule has 81 heavy (non-hydrogen) atoms. The summed E-state index contributed by atoms with van der Waals surface area (Å²) in [6.45, 7) is 5.73. The van der Waals surface area contributed by atoms with Gasteiger partial charge in [-0.1, -0.05) is 220 Å². The van der Waals surface area contributed by atoms with Gasteiger partial charge in [0, 0.05) is 19.3 Å². The summed E-state index contributed by atoms with van der Waals surface area (Å²) in [4.78, 5) is 51.3. The van der Waals surface area contributed by atoms with Crippen LogP contribution in [-0.2, 0) is 42.9 Å². The first-order valence-corrected chi connectivity index (χ1v) is 31.9. The van der Waals surface area contributed by atoms with Gasteiger partial charge in [0.1, 0.15) is 18.8 Å². The SMILES string of the molecule is CC/C=C\C/C=C\C/C=C\C/C=C\CCCCCCCCC(=O)OC1C(OCC(COC(=O)CCCCCCCCC/C=C\C/C=C\CCCCC)OC(=O)CCCCCCC/C=C\C/C=C\C/C=C\CC)OC(C(=O)O)C(O)C1O. The quantitative estimate of drug-likeness (QED) is 0.0228. The topological polar surface area (TPSA) is 175 Å². The maximum absolute atomic E-state index is 13.2. The number of carboxylic acid groups (broad SMARTS) is 1. The summed E-state index contributed by atoms with van der Waals surface area (Å²) in [5.41, 5.74) is 0. The molecule has 1 saturated heterocycles. The van der Waals surface area contributed by atoms with Crippen molar-refractivity contribution in [1.29, 1.82) is 0 Å². The van der Waals surface area contributed by atoms with Crippen LogP contribution in [0.25, 0.3) is 0 Å². The highest BCUT2D eigenvalue weighted by molar-refractivity contribution is 5.74. The molecule has 1 fully saturated rings. The molecule has 0 radical (unpaired) electrons. The largest absolute Gasteiger partial charge is 0.479 e. The third kappa shape index (κ3) is 45.6. The Labute approximate surface area is 491 Å². The maximum Gasteiger partial charge on any atom is 0.335 e. The van der Waals surface area contributed by atoms with Crippen molar-refractivity contribution in [2.75, 3.05) is 13.2 Å². The second kappa shape index (κ2) is 55.9. The minimum atomic E-state index is -1.92. The van der Waals surface area contributed by atoms with Crippen molar-refractivity contribution >= 4 is 23.9 Å². The number of hydrogen-bond donors (Lipinski definition) is 3. The molecule has 1 aliphatic heterocycles. The first-order valence-electron chi connectivity index (χ1n) is 31.9. The van der Waals surface area contributed by atoms with Gasteiger partial charge in [-0.15, -0.1) is 0 Å². The highest BCUT2D eigenvalue weighted by Gasteiger charge is 2.50. The van der Waals surface area contributed by atoms with Gasteiger partial charge in [0.15, 0.2) is 24.6 Å². The minimum absolute atomic E-state index is 0.0363. The zero-order valence-electron chi connectivity index (χ0n) is 50.7. The molecule has 1 aliphatic rings. The van der Waals surface area contributed by atoms with Gasteiger partial charge in [0.25, 0.3) is 0 Å². The number of rotatable bonds is 53. The molecule has 6 atom stereocenters. The van der Waals surface area contributed by atoms with Gasteiger partial charge in [-0.25, -0.2) is 4.79 Å². The highest BCUT2D eigenvalue weighted by atomic mass is 16.7. The number of ether oxygens (including phenoxy) is 5. The molecule has 12 nitrogen and oxygen atoms in total. The van der Waals surface area contributed by atoms with E-state index in [1.54, 1.807) is 0 Å². The lowest BCUT2D eigenvalue weighted by Gasteiger charge is -2.40. The van der Waals surface area contributed by atoms with Crippen molar-refractivity contribution < 1.29 is 58.2 Å². The second-order valence-corrected chi connectivity index (χ2v) is 21.3. The second-order valence-electron chi connectivity index (χ2n) is 21.3. The Morgan fingerprint density at radius 1 is 0.420 bits per heavy atom. The number of aliphatic hydroxyl groups is 2. The van der Waals surface area contributed by atoms with Crippen LogP contribution in [0.5, 0.6) is 0 Å². The normalized spacial score (nSPS) is 18.5. The highest BCUT2D eigenvalue weighted by Crippen LogP contribution is 2.26. The van der Waals surface area contributed by atoms with Crippen LogP contribution < -0.4 is 0 Å². The van der Waals surface area contributed by atoms with E-state index in [0.29, 0.717) is 19.3 Å². The fourth-order valence-electron chi connectivity index (χ4n) is 8.99. The molecular weight excluding hydrogens is 1020 g/mol. The lowest BCUT2D eigenvalue weighted by Crippen LogP contribution is -2.61. The third-order valence-corrected chi connectivity index (χ3v) is 13.8. The Morgan fingerprint density at radius 3 is 1.19 bits per heavy atom. The summed E-state index contributed by atoms with van der Waals surface area (Å²) in [6, 6.07) is 0. The zero-order valence-corrected chi connectivity index (χ0v) is 50.7. The summed E-state index contributed by atoms with van der Waals surface area (Å²) in [5.74, 6) is -3.18. The summed E-state index contributed by atoms with van der Waals surface area (Å²) in [5, 5.41) is 31.6. The van der Waals surface area contributed by atoms with E-state index in [2.05, 4.69) is 130 Å². The summed E-state index contributed by atoms with van der Waals surface area (Å²) in [6.07, 6.45) is 63.2. The summed E-state index contributed by atoms with van der Waals surface area (Å²) >= 11 is 0. The number of carbonyl (C=O) groups excluding carboxylic acids is 3. The smallest absolute Gasteiger partial charge is 0.335 e. The van der Waals surface area contributed by atoms with E-state index >= 15 is 0 Å². The Hall–Kier alpha value is -4.62. The van der Waals surface area contributed by atoms with E-state index in [-0.39, 0.29) is 25.9 Å². The van der Waals surface area contributed by atoms with E-state index in [9.17, 15) is 34.5 Å². The first kappa shape index (κ1) is 74.4. The Balaban J connectivity index is 2.69. The maximum atomic E-state index is 13.2. The number of esters is 3. The van der Waals surface area contributed by atoms with Gasteiger partial charge < -0.3 is 39.0 Å². The number of hydrogen-bond acceptors (Lipinski definition) is 11. The van der Waals surface area contributed by atoms with Gasteiger partial charge in [-0.05, 0) is 122 Å². The molecule has 1 heterocycles. The molecule has 0 amide bonds. The molecule has 0 aromatic rings. The fraction of sp³-hybridized carbons (Fsp3) is 0.681. The van der Waals surface area contributed by atoms with Crippen LogP contribution in [0, 0.1) is 0 Å². The zero-order chi connectivity index (χ0) is 58.9. The molecular formula is C69H112O12. The van der Waals surface area contributed by atoms with Gasteiger partial charge in [0.05, 0.1) is 6.61 Å². The predicted molar refractivity (Wildman–Crippen MR) is 330 cm³/mol. The van der Waals surface area contributed by atoms with Crippen molar-refractivity contribution in [3.8, 4) is 0 Å². The lowest BCUT2D eigenvalue weighted by atomic mass is 9.98. The number of carboxylic acids is 1. The van der Waals surface area contributed by atoms with Crippen molar-refractivity contribution in [2.24, 2.45) is 0 Å². The van der Waals surface area contributed by atoms with Crippen molar-refractivity contribution in [1.82, 2.24) is 0 Å². The van der Waals surface area contributed by atoms with Crippen LogP contribution in [-0.4, -0.2) is 89.2 Å². The molecule has 0 aromatic heterocycles. The molecule has 0 saturated carbocycles. The lowest BCUT2D eigenvalue weighted by molar-refractivity contribution is -0.301. The molecule has 1 rings (SSSR count). The fourth-order valence-corrected chi connectivity index (χ4v) is 8.99. The molecule has 12 heteroatoms. The molecule has 0 aromatic carbocycles.